The Balaban J connectivity index is 1.05. The fraction of sp³-hybridized carbons (Fsp3) is 0.276. The van der Waals surface area contributed by atoms with E-state index in [4.69, 9.17) is 0 Å². The van der Waals surface area contributed by atoms with Gasteiger partial charge in [-0.15, -0.1) is 0 Å². The quantitative estimate of drug-likeness (QED) is 0.172. The minimum Gasteiger partial charge on any atom is -0.310 e. The maximum atomic E-state index is 9.63. The molecular formula is C58H51N. The van der Waals surface area contributed by atoms with Gasteiger partial charge in [0.2, 0.25) is 0 Å². The summed E-state index contributed by atoms with van der Waals surface area (Å²) in [6.07, 6.45) is -4.79. The van der Waals surface area contributed by atoms with E-state index in [9.17, 15) is 8.22 Å². The summed E-state index contributed by atoms with van der Waals surface area (Å²) >= 11 is 0. The Labute approximate surface area is 358 Å². The van der Waals surface area contributed by atoms with Crippen LogP contribution >= 0.6 is 0 Å². The molecule has 0 saturated heterocycles. The first-order valence-electron chi connectivity index (χ1n) is 24.7. The molecule has 1 nitrogen and oxygen atoms in total. The van der Waals surface area contributed by atoms with Gasteiger partial charge in [0.1, 0.15) is 0 Å². The van der Waals surface area contributed by atoms with Gasteiger partial charge in [-0.3, -0.25) is 0 Å². The minimum absolute atomic E-state index is 0.170. The fourth-order valence-corrected chi connectivity index (χ4v) is 12.7. The number of aryl methyl sites for hydroxylation is 2. The van der Waals surface area contributed by atoms with Crippen molar-refractivity contribution in [2.45, 2.75) is 82.3 Å². The van der Waals surface area contributed by atoms with Crippen LogP contribution in [0.2, 0.25) is 0 Å². The van der Waals surface area contributed by atoms with Crippen molar-refractivity contribution < 1.29 is 8.22 Å². The first kappa shape index (κ1) is 28.7. The predicted octanol–water partition coefficient (Wildman–Crippen LogP) is 14.9. The molecule has 0 heterocycles. The highest BCUT2D eigenvalue weighted by Gasteiger charge is 2.53. The molecule has 1 heteroatoms. The lowest BCUT2D eigenvalue weighted by molar-refractivity contribution is -0.00518. The van der Waals surface area contributed by atoms with Gasteiger partial charge in [0.05, 0.1) is 5.41 Å². The summed E-state index contributed by atoms with van der Waals surface area (Å²) in [7, 11) is 0. The Kier molecular flexibility index (Phi) is 5.72. The summed E-state index contributed by atoms with van der Waals surface area (Å²) in [5.74, 6) is -1.14. The molecule has 0 atom stereocenters. The number of anilines is 3. The van der Waals surface area contributed by atoms with Crippen LogP contribution < -0.4 is 4.90 Å². The average molecular weight is 768 g/mol. The molecule has 1 spiro atoms. The number of nitrogens with zero attached hydrogens (tertiary/aromatic N) is 1. The molecule has 7 aliphatic carbocycles. The monoisotopic (exact) mass is 767 g/mol. The number of rotatable bonds is 4. The first-order chi connectivity index (χ1) is 31.0. The molecule has 7 aromatic carbocycles. The molecule has 0 aromatic heterocycles. The molecule has 7 aromatic rings. The summed E-state index contributed by atoms with van der Waals surface area (Å²) in [5.41, 5.74) is 18.0. The third-order valence-corrected chi connectivity index (χ3v) is 15.1. The van der Waals surface area contributed by atoms with Crippen LogP contribution in [0.3, 0.4) is 0 Å². The molecule has 0 unspecified atom stereocenters. The van der Waals surface area contributed by atoms with Gasteiger partial charge >= 0.3 is 0 Å². The Morgan fingerprint density at radius 2 is 0.898 bits per heavy atom. The minimum atomic E-state index is -2.07. The van der Waals surface area contributed by atoms with Crippen LogP contribution in [0.4, 0.5) is 17.1 Å². The summed E-state index contributed by atoms with van der Waals surface area (Å²) < 4.78 is 57.8. The van der Waals surface area contributed by atoms with E-state index in [1.165, 1.54) is 77.9 Å². The molecule has 4 fully saturated rings. The van der Waals surface area contributed by atoms with Gasteiger partial charge in [0, 0.05) is 30.7 Å². The predicted molar refractivity (Wildman–Crippen MR) is 244 cm³/mol. The number of benzene rings is 7. The van der Waals surface area contributed by atoms with Gasteiger partial charge in [0.25, 0.3) is 0 Å². The smallest absolute Gasteiger partial charge is 0.0726 e. The second-order valence-corrected chi connectivity index (χ2v) is 18.9. The molecule has 0 radical (unpaired) electrons. The van der Waals surface area contributed by atoms with Crippen molar-refractivity contribution in [3.63, 3.8) is 0 Å². The Morgan fingerprint density at radius 3 is 1.53 bits per heavy atom. The highest BCUT2D eigenvalue weighted by atomic mass is 15.1. The van der Waals surface area contributed by atoms with E-state index >= 15 is 0 Å². The van der Waals surface area contributed by atoms with Crippen molar-refractivity contribution in [3.05, 3.63) is 196 Å². The lowest BCUT2D eigenvalue weighted by atomic mass is 9.48. The molecule has 4 bridgehead atoms. The first-order valence-corrected chi connectivity index (χ1v) is 21.7. The van der Waals surface area contributed by atoms with E-state index in [0.717, 1.165) is 17.1 Å². The Hall–Kier alpha value is -5.66. The molecule has 0 N–H and O–H groups in total. The van der Waals surface area contributed by atoms with Gasteiger partial charge < -0.3 is 4.90 Å². The van der Waals surface area contributed by atoms with E-state index in [0.29, 0.717) is 24.8 Å². The molecule has 7 aliphatic rings. The number of hydrogen-bond donors (Lipinski definition) is 0. The third-order valence-electron chi connectivity index (χ3n) is 15.1. The van der Waals surface area contributed by atoms with E-state index in [-0.39, 0.29) is 23.2 Å². The van der Waals surface area contributed by atoms with Crippen molar-refractivity contribution in [2.24, 2.45) is 17.8 Å². The van der Waals surface area contributed by atoms with Crippen molar-refractivity contribution >= 4 is 17.1 Å². The largest absolute Gasteiger partial charge is 0.310 e. The summed E-state index contributed by atoms with van der Waals surface area (Å²) in [6.45, 7) is 8.97. The highest BCUT2D eigenvalue weighted by molar-refractivity contribution is 5.97. The van der Waals surface area contributed by atoms with Gasteiger partial charge in [-0.1, -0.05) is 134 Å². The standard InChI is InChI=1S/C58H51N/c1-35-13-21-46-47-22-14-36(2)26-54(47)58(53(46)25-35)52-12-8-6-9-44(52)48-23-19-43(31-55(48)58)59(42-20-24-51-49(30-42)45-10-5-7-11-50(45)56(51,3)4)41-17-15-40(16-18-41)57-32-37-27-38(33-57)29-39(28-37)34-57/h5-26,30-31,37-39H,27-29,32-34H2,1-4H3/i32D2,33D2,34D2. The van der Waals surface area contributed by atoms with Crippen molar-refractivity contribution in [1.82, 2.24) is 0 Å². The van der Waals surface area contributed by atoms with Gasteiger partial charge in [0.15, 0.2) is 0 Å². The zero-order valence-corrected chi connectivity index (χ0v) is 34.2. The average Bonchev–Trinajstić information content (AvgIpc) is 3.83. The summed E-state index contributed by atoms with van der Waals surface area (Å²) in [4.78, 5) is 2.30. The normalized spacial score (nSPS) is 27.8. The molecule has 14 rings (SSSR count). The van der Waals surface area contributed by atoms with Crippen molar-refractivity contribution in [2.75, 3.05) is 4.90 Å². The molecule has 59 heavy (non-hydrogen) atoms. The second kappa shape index (κ2) is 11.8. The Bertz CT molecular complexity index is 3100. The number of hydrogen-bond acceptors (Lipinski definition) is 1. The van der Waals surface area contributed by atoms with Crippen LogP contribution in [0.1, 0.15) is 111 Å². The fourth-order valence-electron chi connectivity index (χ4n) is 12.7. The molecule has 0 aliphatic heterocycles. The highest BCUT2D eigenvalue weighted by Crippen LogP contribution is 2.64. The molecule has 288 valence electrons. The van der Waals surface area contributed by atoms with E-state index in [2.05, 4.69) is 154 Å². The summed E-state index contributed by atoms with van der Waals surface area (Å²) in [5, 5.41) is 0. The lowest BCUT2D eigenvalue weighted by Crippen LogP contribution is -2.48. The zero-order chi connectivity index (χ0) is 44.8. The lowest BCUT2D eigenvalue weighted by Gasteiger charge is -2.57. The van der Waals surface area contributed by atoms with E-state index < -0.39 is 29.9 Å². The van der Waals surface area contributed by atoms with E-state index in [1.807, 2.05) is 24.3 Å². The van der Waals surface area contributed by atoms with Gasteiger partial charge in [-0.25, -0.2) is 0 Å². The SMILES string of the molecule is [2H]C1([2H])C2CC3CC(C2)C([2H])([2H])C1(c1ccc(N(c2ccc4c(c2)-c2ccccc2C4(C)C)c2ccc4c(c2)C2(c5ccccc5-4)c4cc(C)ccc4-c4ccc(C)cc42)cc1)C3([2H])[2H]. The third kappa shape index (κ3) is 4.52. The van der Waals surface area contributed by atoms with Crippen LogP contribution in [0.15, 0.2) is 146 Å². The maximum absolute atomic E-state index is 9.63. The van der Waals surface area contributed by atoms with Gasteiger partial charge in [-0.05, 0) is 184 Å². The number of fused-ring (bicyclic) bond motifs is 13. The van der Waals surface area contributed by atoms with Crippen LogP contribution in [-0.4, -0.2) is 0 Å². The molecule has 4 saturated carbocycles. The molecule has 0 amide bonds. The van der Waals surface area contributed by atoms with E-state index in [1.54, 1.807) is 0 Å². The maximum Gasteiger partial charge on any atom is 0.0726 e. The zero-order valence-electron chi connectivity index (χ0n) is 40.2. The summed E-state index contributed by atoms with van der Waals surface area (Å²) in [6, 6.07) is 52.9. The van der Waals surface area contributed by atoms with Crippen LogP contribution in [0.5, 0.6) is 0 Å². The topological polar surface area (TPSA) is 3.24 Å². The van der Waals surface area contributed by atoms with Crippen molar-refractivity contribution in [1.29, 1.82) is 0 Å². The Morgan fingerprint density at radius 1 is 0.441 bits per heavy atom. The second-order valence-electron chi connectivity index (χ2n) is 18.9. The van der Waals surface area contributed by atoms with Crippen LogP contribution in [-0.2, 0) is 16.2 Å². The van der Waals surface area contributed by atoms with Gasteiger partial charge in [-0.2, -0.15) is 0 Å². The van der Waals surface area contributed by atoms with Crippen LogP contribution in [0, 0.1) is 31.6 Å². The molecular weight excluding hydrogens is 711 g/mol. The van der Waals surface area contributed by atoms with Crippen molar-refractivity contribution in [3.8, 4) is 33.4 Å². The van der Waals surface area contributed by atoms with Crippen LogP contribution in [0.25, 0.3) is 33.4 Å².